The van der Waals surface area contributed by atoms with Gasteiger partial charge >= 0.3 is 0 Å². The fourth-order valence-corrected chi connectivity index (χ4v) is 2.42. The van der Waals surface area contributed by atoms with Gasteiger partial charge in [0.05, 0.1) is 17.2 Å². The van der Waals surface area contributed by atoms with E-state index in [9.17, 15) is 9.50 Å². The Balaban J connectivity index is 2.15. The number of aliphatic hydroxyl groups is 1. The molecule has 3 rings (SSSR count). The van der Waals surface area contributed by atoms with Crippen LogP contribution in [0.2, 0.25) is 5.02 Å². The molecule has 3 aromatic rings. The number of hydrogen-bond acceptors (Lipinski definition) is 3. The Morgan fingerprint density at radius 1 is 1.14 bits per heavy atom. The highest BCUT2D eigenvalue weighted by Gasteiger charge is 2.20. The molecule has 1 aromatic heterocycles. The van der Waals surface area contributed by atoms with Crippen molar-refractivity contribution in [3.63, 3.8) is 0 Å². The van der Waals surface area contributed by atoms with E-state index < -0.39 is 5.82 Å². The van der Waals surface area contributed by atoms with Crippen LogP contribution in [0.5, 0.6) is 0 Å². The molecular formula is C16H11ClFNO2. The normalized spacial score (nSPS) is 10.8. The van der Waals surface area contributed by atoms with Crippen molar-refractivity contribution >= 4 is 11.6 Å². The second kappa shape index (κ2) is 5.68. The predicted molar refractivity (Wildman–Crippen MR) is 78.3 cm³/mol. The standard InChI is InChI=1S/C16H11ClFNO2/c17-14-8-11(18)6-7-12(14)16-13(9-20)15(19-21-16)10-4-2-1-3-5-10/h1-8,20H,9H2. The lowest BCUT2D eigenvalue weighted by molar-refractivity contribution is 0.281. The van der Waals surface area contributed by atoms with Gasteiger partial charge in [0.25, 0.3) is 0 Å². The van der Waals surface area contributed by atoms with Gasteiger partial charge in [-0.3, -0.25) is 0 Å². The zero-order valence-corrected chi connectivity index (χ0v) is 11.6. The van der Waals surface area contributed by atoms with Crippen LogP contribution in [0.25, 0.3) is 22.6 Å². The van der Waals surface area contributed by atoms with Gasteiger partial charge in [-0.2, -0.15) is 0 Å². The van der Waals surface area contributed by atoms with E-state index in [0.717, 1.165) is 5.56 Å². The molecule has 0 aliphatic carbocycles. The van der Waals surface area contributed by atoms with Crippen molar-refractivity contribution in [3.05, 3.63) is 64.9 Å². The Bertz CT molecular complexity index is 771. The van der Waals surface area contributed by atoms with Gasteiger partial charge in [-0.15, -0.1) is 0 Å². The van der Waals surface area contributed by atoms with Crippen LogP contribution < -0.4 is 0 Å². The lowest BCUT2D eigenvalue weighted by Crippen LogP contribution is -1.90. The largest absolute Gasteiger partial charge is 0.391 e. The zero-order valence-electron chi connectivity index (χ0n) is 10.9. The summed E-state index contributed by atoms with van der Waals surface area (Å²) >= 11 is 6.04. The molecule has 1 heterocycles. The smallest absolute Gasteiger partial charge is 0.174 e. The average Bonchev–Trinajstić information content (AvgIpc) is 2.91. The third kappa shape index (κ3) is 2.55. The molecule has 2 aromatic carbocycles. The summed E-state index contributed by atoms with van der Waals surface area (Å²) in [6.45, 7) is -0.253. The minimum absolute atomic E-state index is 0.209. The van der Waals surface area contributed by atoms with Crippen LogP contribution in [0.15, 0.2) is 53.1 Å². The van der Waals surface area contributed by atoms with Crippen molar-refractivity contribution < 1.29 is 14.0 Å². The molecule has 0 atom stereocenters. The fraction of sp³-hybridized carbons (Fsp3) is 0.0625. The summed E-state index contributed by atoms with van der Waals surface area (Å²) in [4.78, 5) is 0. The monoisotopic (exact) mass is 303 g/mol. The van der Waals surface area contributed by atoms with Crippen LogP contribution in [0.3, 0.4) is 0 Å². The van der Waals surface area contributed by atoms with Crippen LogP contribution >= 0.6 is 11.6 Å². The quantitative estimate of drug-likeness (QED) is 0.785. The van der Waals surface area contributed by atoms with Gasteiger partial charge in [0.1, 0.15) is 11.5 Å². The maximum absolute atomic E-state index is 13.1. The van der Waals surface area contributed by atoms with E-state index in [4.69, 9.17) is 16.1 Å². The summed E-state index contributed by atoms with van der Waals surface area (Å²) in [5.41, 5.74) is 2.40. The third-order valence-electron chi connectivity index (χ3n) is 3.17. The summed E-state index contributed by atoms with van der Waals surface area (Å²) in [5, 5.41) is 13.9. The molecule has 0 radical (unpaired) electrons. The summed E-state index contributed by atoms with van der Waals surface area (Å²) in [6.07, 6.45) is 0. The Kier molecular flexibility index (Phi) is 3.73. The van der Waals surface area contributed by atoms with E-state index in [-0.39, 0.29) is 11.6 Å². The Morgan fingerprint density at radius 2 is 1.90 bits per heavy atom. The van der Waals surface area contributed by atoms with Crippen LogP contribution in [0, 0.1) is 5.82 Å². The molecule has 5 heteroatoms. The SMILES string of the molecule is OCc1c(-c2ccccc2)noc1-c1ccc(F)cc1Cl. The average molecular weight is 304 g/mol. The number of halogens is 2. The Labute approximate surface area is 125 Å². The zero-order chi connectivity index (χ0) is 14.8. The molecule has 0 saturated carbocycles. The van der Waals surface area contributed by atoms with Gasteiger partial charge in [-0.25, -0.2) is 4.39 Å². The van der Waals surface area contributed by atoms with Crippen molar-refractivity contribution in [1.29, 1.82) is 0 Å². The molecule has 0 bridgehead atoms. The van der Waals surface area contributed by atoms with Crippen molar-refractivity contribution in [1.82, 2.24) is 5.16 Å². The lowest BCUT2D eigenvalue weighted by atomic mass is 10.0. The van der Waals surface area contributed by atoms with Crippen LogP contribution in [0.4, 0.5) is 4.39 Å². The van der Waals surface area contributed by atoms with E-state index >= 15 is 0 Å². The summed E-state index contributed by atoms with van der Waals surface area (Å²) in [5.74, 6) is -0.0848. The van der Waals surface area contributed by atoms with Crippen molar-refractivity contribution in [2.24, 2.45) is 0 Å². The van der Waals surface area contributed by atoms with Gasteiger partial charge in [0.15, 0.2) is 5.76 Å². The second-order valence-electron chi connectivity index (χ2n) is 4.49. The van der Waals surface area contributed by atoms with Crippen molar-refractivity contribution in [2.45, 2.75) is 6.61 Å². The highest BCUT2D eigenvalue weighted by molar-refractivity contribution is 6.33. The molecule has 3 nitrogen and oxygen atoms in total. The summed E-state index contributed by atoms with van der Waals surface area (Å²) < 4.78 is 18.5. The maximum Gasteiger partial charge on any atom is 0.174 e. The van der Waals surface area contributed by atoms with Crippen molar-refractivity contribution in [2.75, 3.05) is 0 Å². The number of hydrogen-bond donors (Lipinski definition) is 1. The molecule has 0 fully saturated rings. The van der Waals surface area contributed by atoms with Gasteiger partial charge < -0.3 is 9.63 Å². The maximum atomic E-state index is 13.1. The van der Waals surface area contributed by atoms with Crippen molar-refractivity contribution in [3.8, 4) is 22.6 Å². The van der Waals surface area contributed by atoms with E-state index in [1.54, 1.807) is 0 Å². The molecule has 0 saturated heterocycles. The minimum Gasteiger partial charge on any atom is -0.391 e. The molecule has 0 unspecified atom stereocenters. The van der Waals surface area contributed by atoms with E-state index in [1.807, 2.05) is 30.3 Å². The summed E-state index contributed by atoms with van der Waals surface area (Å²) in [6, 6.07) is 13.4. The number of benzene rings is 2. The first kappa shape index (κ1) is 13.8. The highest BCUT2D eigenvalue weighted by atomic mass is 35.5. The van der Waals surface area contributed by atoms with Crippen LogP contribution in [0.1, 0.15) is 5.56 Å². The first-order valence-electron chi connectivity index (χ1n) is 6.31. The Hall–Kier alpha value is -2.17. The van der Waals surface area contributed by atoms with Gasteiger partial charge in [0, 0.05) is 11.1 Å². The summed E-state index contributed by atoms with van der Waals surface area (Å²) in [7, 11) is 0. The number of rotatable bonds is 3. The van der Waals surface area contributed by atoms with E-state index in [1.165, 1.54) is 18.2 Å². The molecule has 21 heavy (non-hydrogen) atoms. The van der Waals surface area contributed by atoms with Gasteiger partial charge in [-0.05, 0) is 18.2 Å². The fourth-order valence-electron chi connectivity index (χ4n) is 2.16. The first-order chi connectivity index (χ1) is 10.2. The minimum atomic E-state index is -0.433. The van der Waals surface area contributed by atoms with Gasteiger partial charge in [-0.1, -0.05) is 47.1 Å². The molecule has 106 valence electrons. The topological polar surface area (TPSA) is 46.3 Å². The number of aliphatic hydroxyl groups excluding tert-OH is 1. The van der Waals surface area contributed by atoms with E-state index in [2.05, 4.69) is 5.16 Å². The molecule has 0 aliphatic rings. The van der Waals surface area contributed by atoms with Crippen LogP contribution in [-0.2, 0) is 6.61 Å². The Morgan fingerprint density at radius 3 is 2.57 bits per heavy atom. The number of aromatic nitrogens is 1. The third-order valence-corrected chi connectivity index (χ3v) is 3.48. The molecular weight excluding hydrogens is 293 g/mol. The molecule has 0 amide bonds. The predicted octanol–water partition coefficient (Wildman–Crippen LogP) is 4.29. The lowest BCUT2D eigenvalue weighted by Gasteiger charge is -2.03. The second-order valence-corrected chi connectivity index (χ2v) is 4.89. The molecule has 0 spiro atoms. The molecule has 0 aliphatic heterocycles. The van der Waals surface area contributed by atoms with Gasteiger partial charge in [0.2, 0.25) is 0 Å². The first-order valence-corrected chi connectivity index (χ1v) is 6.68. The number of nitrogens with zero attached hydrogens (tertiary/aromatic N) is 1. The van der Waals surface area contributed by atoms with Crippen LogP contribution in [-0.4, -0.2) is 10.3 Å². The highest BCUT2D eigenvalue weighted by Crippen LogP contribution is 2.36. The van der Waals surface area contributed by atoms with E-state index in [0.29, 0.717) is 22.6 Å². The molecule has 1 N–H and O–H groups in total.